The summed E-state index contributed by atoms with van der Waals surface area (Å²) in [6.07, 6.45) is 5.81. The van der Waals surface area contributed by atoms with Crippen molar-refractivity contribution in [3.8, 4) is 0 Å². The van der Waals surface area contributed by atoms with E-state index in [1.54, 1.807) is 6.92 Å². The second kappa shape index (κ2) is 7.17. The number of hydrogen-bond donors (Lipinski definition) is 0. The summed E-state index contributed by atoms with van der Waals surface area (Å²) in [6, 6.07) is 0. The lowest BCUT2D eigenvalue weighted by atomic mass is 10.3. The number of halogens is 1. The van der Waals surface area contributed by atoms with E-state index in [9.17, 15) is 4.79 Å². The Morgan fingerprint density at radius 3 is 2.75 bits per heavy atom. The van der Waals surface area contributed by atoms with Crippen LogP contribution in [0.15, 0.2) is 12.2 Å². The van der Waals surface area contributed by atoms with Crippen molar-refractivity contribution in [3.05, 3.63) is 12.2 Å². The van der Waals surface area contributed by atoms with E-state index in [0.29, 0.717) is 6.61 Å². The van der Waals surface area contributed by atoms with Gasteiger partial charge in [0.05, 0.1) is 6.61 Å². The predicted octanol–water partition coefficient (Wildman–Crippen LogP) is 2.51. The summed E-state index contributed by atoms with van der Waals surface area (Å²) in [5, 5.41) is -0.542. The van der Waals surface area contributed by atoms with Gasteiger partial charge >= 0.3 is 5.97 Å². The molecule has 0 aromatic rings. The first-order chi connectivity index (χ1) is 5.68. The maximum atomic E-state index is 10.8. The number of hydrogen-bond acceptors (Lipinski definition) is 2. The van der Waals surface area contributed by atoms with Crippen molar-refractivity contribution in [2.75, 3.05) is 6.61 Å². The van der Waals surface area contributed by atoms with Gasteiger partial charge in [-0.2, -0.15) is 0 Å². The monoisotopic (exact) mass is 190 g/mol. The molecular weight excluding hydrogens is 176 g/mol. The van der Waals surface area contributed by atoms with Gasteiger partial charge in [-0.05, 0) is 19.8 Å². The molecule has 0 saturated carbocycles. The van der Waals surface area contributed by atoms with Gasteiger partial charge in [-0.15, -0.1) is 11.6 Å². The Morgan fingerprint density at radius 2 is 2.25 bits per heavy atom. The van der Waals surface area contributed by atoms with Gasteiger partial charge < -0.3 is 4.74 Å². The summed E-state index contributed by atoms with van der Waals surface area (Å²) < 4.78 is 4.83. The molecule has 0 saturated heterocycles. The maximum Gasteiger partial charge on any atom is 0.323 e. The second-order valence-corrected chi connectivity index (χ2v) is 3.11. The van der Waals surface area contributed by atoms with E-state index >= 15 is 0 Å². The molecule has 0 spiro atoms. The fourth-order valence-corrected chi connectivity index (χ4v) is 0.690. The first-order valence-electron chi connectivity index (χ1n) is 4.14. The smallest absolute Gasteiger partial charge is 0.323 e. The van der Waals surface area contributed by atoms with Crippen molar-refractivity contribution in [3.63, 3.8) is 0 Å². The van der Waals surface area contributed by atoms with Crippen molar-refractivity contribution in [2.24, 2.45) is 0 Å². The van der Waals surface area contributed by atoms with Crippen molar-refractivity contribution >= 4 is 17.6 Å². The summed E-state index contributed by atoms with van der Waals surface area (Å²) in [7, 11) is 0. The van der Waals surface area contributed by atoms with Gasteiger partial charge in [0.1, 0.15) is 5.38 Å². The number of carbonyl (C=O) groups excluding carboxylic acids is 1. The summed E-state index contributed by atoms with van der Waals surface area (Å²) in [4.78, 5) is 10.8. The molecule has 0 amide bonds. The van der Waals surface area contributed by atoms with E-state index in [1.807, 2.05) is 12.2 Å². The third-order valence-electron chi connectivity index (χ3n) is 1.26. The van der Waals surface area contributed by atoms with Crippen molar-refractivity contribution < 1.29 is 9.53 Å². The number of carbonyl (C=O) groups is 1. The molecule has 0 aliphatic rings. The normalized spacial score (nSPS) is 13.2. The van der Waals surface area contributed by atoms with Gasteiger partial charge in [0.15, 0.2) is 0 Å². The molecule has 70 valence electrons. The van der Waals surface area contributed by atoms with E-state index in [4.69, 9.17) is 16.3 Å². The lowest BCUT2D eigenvalue weighted by molar-refractivity contribution is -0.142. The molecule has 0 N–H and O–H groups in total. The standard InChI is InChI=1S/C9H15ClO2/c1-3-4-5-6-7-12-9(11)8(2)10/h4-5,8H,3,6-7H2,1-2H3/b5-4+. The minimum Gasteiger partial charge on any atom is -0.464 e. The minimum absolute atomic E-state index is 0.346. The minimum atomic E-state index is -0.542. The average Bonchev–Trinajstić information content (AvgIpc) is 2.03. The lowest BCUT2D eigenvalue weighted by Gasteiger charge is -2.03. The van der Waals surface area contributed by atoms with E-state index in [1.165, 1.54) is 0 Å². The van der Waals surface area contributed by atoms with Crippen LogP contribution in [-0.4, -0.2) is 18.0 Å². The zero-order valence-electron chi connectivity index (χ0n) is 7.55. The van der Waals surface area contributed by atoms with Crippen LogP contribution >= 0.6 is 11.6 Å². The fraction of sp³-hybridized carbons (Fsp3) is 0.667. The van der Waals surface area contributed by atoms with Gasteiger partial charge in [-0.25, -0.2) is 0 Å². The van der Waals surface area contributed by atoms with Crippen LogP contribution in [0, 0.1) is 0 Å². The number of allylic oxidation sites excluding steroid dienone is 1. The topological polar surface area (TPSA) is 26.3 Å². The zero-order valence-corrected chi connectivity index (χ0v) is 8.30. The molecule has 0 aliphatic heterocycles. The lowest BCUT2D eigenvalue weighted by Crippen LogP contribution is -2.14. The van der Waals surface area contributed by atoms with Crippen LogP contribution in [0.5, 0.6) is 0 Å². The molecule has 0 rings (SSSR count). The van der Waals surface area contributed by atoms with Crippen LogP contribution in [0.25, 0.3) is 0 Å². The third-order valence-corrected chi connectivity index (χ3v) is 1.43. The molecule has 0 aliphatic carbocycles. The Bertz CT molecular complexity index is 153. The zero-order chi connectivity index (χ0) is 9.40. The van der Waals surface area contributed by atoms with Gasteiger partial charge in [0.2, 0.25) is 0 Å². The predicted molar refractivity (Wildman–Crippen MR) is 50.3 cm³/mol. The van der Waals surface area contributed by atoms with Crippen LogP contribution in [0.4, 0.5) is 0 Å². The quantitative estimate of drug-likeness (QED) is 0.288. The summed E-state index contributed by atoms with van der Waals surface area (Å²) in [5.41, 5.74) is 0. The number of esters is 1. The molecular formula is C9H15ClO2. The average molecular weight is 191 g/mol. The van der Waals surface area contributed by atoms with E-state index < -0.39 is 5.38 Å². The molecule has 1 unspecified atom stereocenters. The Kier molecular flexibility index (Phi) is 6.87. The molecule has 0 heterocycles. The largest absolute Gasteiger partial charge is 0.464 e. The van der Waals surface area contributed by atoms with Crippen LogP contribution < -0.4 is 0 Å². The van der Waals surface area contributed by atoms with Crippen LogP contribution in [-0.2, 0) is 9.53 Å². The fourth-order valence-electron chi connectivity index (χ4n) is 0.627. The first-order valence-corrected chi connectivity index (χ1v) is 4.57. The Morgan fingerprint density at radius 1 is 1.58 bits per heavy atom. The van der Waals surface area contributed by atoms with Crippen LogP contribution in [0.3, 0.4) is 0 Å². The molecule has 0 aromatic carbocycles. The maximum absolute atomic E-state index is 10.8. The van der Waals surface area contributed by atoms with Gasteiger partial charge in [-0.3, -0.25) is 4.79 Å². The highest BCUT2D eigenvalue weighted by atomic mass is 35.5. The SMILES string of the molecule is CC/C=C/CCOC(=O)C(C)Cl. The van der Waals surface area contributed by atoms with Gasteiger partial charge in [0, 0.05) is 0 Å². The van der Waals surface area contributed by atoms with E-state index in [2.05, 4.69) is 6.92 Å². The highest BCUT2D eigenvalue weighted by Crippen LogP contribution is 1.97. The Hall–Kier alpha value is -0.500. The van der Waals surface area contributed by atoms with E-state index in [-0.39, 0.29) is 5.97 Å². The molecule has 0 bridgehead atoms. The molecule has 2 nitrogen and oxygen atoms in total. The van der Waals surface area contributed by atoms with Crippen molar-refractivity contribution in [1.29, 1.82) is 0 Å². The molecule has 3 heteroatoms. The highest BCUT2D eigenvalue weighted by Gasteiger charge is 2.08. The van der Waals surface area contributed by atoms with Crippen molar-refractivity contribution in [1.82, 2.24) is 0 Å². The van der Waals surface area contributed by atoms with Crippen LogP contribution in [0.2, 0.25) is 0 Å². The van der Waals surface area contributed by atoms with E-state index in [0.717, 1.165) is 12.8 Å². The molecule has 1 atom stereocenters. The summed E-state index contributed by atoms with van der Waals surface area (Å²) in [6.45, 7) is 4.08. The summed E-state index contributed by atoms with van der Waals surface area (Å²) in [5.74, 6) is -0.346. The van der Waals surface area contributed by atoms with Gasteiger partial charge in [-0.1, -0.05) is 19.1 Å². The molecule has 0 fully saturated rings. The van der Waals surface area contributed by atoms with Crippen LogP contribution in [0.1, 0.15) is 26.7 Å². The number of alkyl halides is 1. The molecule has 0 aromatic heterocycles. The number of ether oxygens (including phenoxy) is 1. The van der Waals surface area contributed by atoms with Gasteiger partial charge in [0.25, 0.3) is 0 Å². The summed E-state index contributed by atoms with van der Waals surface area (Å²) >= 11 is 5.48. The Labute approximate surface area is 78.5 Å². The van der Waals surface area contributed by atoms with Crippen molar-refractivity contribution in [2.45, 2.75) is 32.1 Å². The Balaban J connectivity index is 3.31. The highest BCUT2D eigenvalue weighted by molar-refractivity contribution is 6.29. The molecule has 12 heavy (non-hydrogen) atoms. The first kappa shape index (κ1) is 11.5. The number of rotatable bonds is 5. The molecule has 0 radical (unpaired) electrons. The third kappa shape index (κ3) is 6.23. The second-order valence-electron chi connectivity index (χ2n) is 2.45.